The predicted octanol–water partition coefficient (Wildman–Crippen LogP) is 3.31. The smallest absolute Gasteiger partial charge is 0.147 e. The van der Waals surface area contributed by atoms with E-state index in [4.69, 9.17) is 14.2 Å². The third-order valence-electron chi connectivity index (χ3n) is 3.80. The summed E-state index contributed by atoms with van der Waals surface area (Å²) in [7, 11) is 3.33. The minimum atomic E-state index is 0.650. The van der Waals surface area contributed by atoms with Crippen molar-refractivity contribution in [1.82, 2.24) is 9.97 Å². The van der Waals surface area contributed by atoms with Crippen LogP contribution in [0.3, 0.4) is 0 Å². The number of fused-ring (bicyclic) bond motifs is 3. The molecule has 2 heterocycles. The summed E-state index contributed by atoms with van der Waals surface area (Å²) in [5, 5.41) is 2.11. The van der Waals surface area contributed by atoms with E-state index in [0.717, 1.165) is 45.4 Å². The molecule has 0 aliphatic carbocycles. The highest BCUT2D eigenvalue weighted by molar-refractivity contribution is 6.12. The number of nitrogens with zero attached hydrogens (tertiary/aromatic N) is 1. The van der Waals surface area contributed by atoms with Crippen molar-refractivity contribution in [2.75, 3.05) is 27.4 Å². The summed E-state index contributed by atoms with van der Waals surface area (Å²) in [6.07, 6.45) is 2.53. The molecule has 5 nitrogen and oxygen atoms in total. The highest BCUT2D eigenvalue weighted by Crippen LogP contribution is 2.37. The molecule has 5 heteroatoms. The zero-order valence-corrected chi connectivity index (χ0v) is 13.1. The molecule has 1 N–H and O–H groups in total. The lowest BCUT2D eigenvalue weighted by Gasteiger charge is -2.06. The van der Waals surface area contributed by atoms with Crippen LogP contribution in [0.4, 0.5) is 0 Å². The van der Waals surface area contributed by atoms with Crippen LogP contribution < -0.4 is 9.47 Å². The Bertz CT molecular complexity index is 795. The van der Waals surface area contributed by atoms with Crippen LogP contribution in [-0.2, 0) is 11.2 Å². The summed E-state index contributed by atoms with van der Waals surface area (Å²) < 4.78 is 16.4. The van der Waals surface area contributed by atoms with Crippen LogP contribution in [0.2, 0.25) is 0 Å². The molecule has 0 saturated carbocycles. The van der Waals surface area contributed by atoms with Gasteiger partial charge >= 0.3 is 0 Å². The number of rotatable bonds is 6. The van der Waals surface area contributed by atoms with Gasteiger partial charge in [0.25, 0.3) is 0 Å². The minimum absolute atomic E-state index is 0.650. The van der Waals surface area contributed by atoms with E-state index in [9.17, 15) is 0 Å². The van der Waals surface area contributed by atoms with Gasteiger partial charge < -0.3 is 19.2 Å². The lowest BCUT2D eigenvalue weighted by molar-refractivity contribution is 0.150. The van der Waals surface area contributed by atoms with E-state index in [1.165, 1.54) is 0 Å². The molecule has 116 valence electrons. The van der Waals surface area contributed by atoms with Gasteiger partial charge in [-0.1, -0.05) is 12.1 Å². The Balaban J connectivity index is 2.23. The Morgan fingerprint density at radius 1 is 1.09 bits per heavy atom. The molecule has 0 saturated heterocycles. The second kappa shape index (κ2) is 6.23. The minimum Gasteiger partial charge on any atom is -0.495 e. The fourth-order valence-corrected chi connectivity index (χ4v) is 2.76. The second-order valence-electron chi connectivity index (χ2n) is 4.98. The Labute approximate surface area is 129 Å². The second-order valence-corrected chi connectivity index (χ2v) is 4.98. The van der Waals surface area contributed by atoms with Crippen molar-refractivity contribution in [3.8, 4) is 11.5 Å². The molecule has 3 aromatic rings. The average Bonchev–Trinajstić information content (AvgIpc) is 2.95. The molecule has 0 atom stereocenters. The van der Waals surface area contributed by atoms with E-state index in [-0.39, 0.29) is 0 Å². The molecule has 22 heavy (non-hydrogen) atoms. The van der Waals surface area contributed by atoms with Crippen molar-refractivity contribution >= 4 is 21.8 Å². The van der Waals surface area contributed by atoms with Gasteiger partial charge in [0.05, 0.1) is 49.1 Å². The van der Waals surface area contributed by atoms with Crippen LogP contribution in [0.15, 0.2) is 24.4 Å². The predicted molar refractivity (Wildman–Crippen MR) is 86.9 cm³/mol. The van der Waals surface area contributed by atoms with E-state index < -0.39 is 0 Å². The Morgan fingerprint density at radius 2 is 1.91 bits per heavy atom. The molecule has 3 rings (SSSR count). The largest absolute Gasteiger partial charge is 0.495 e. The number of benzene rings is 1. The molecule has 0 radical (unpaired) electrons. The molecule has 0 bridgehead atoms. The van der Waals surface area contributed by atoms with Gasteiger partial charge in [0.1, 0.15) is 11.5 Å². The zero-order chi connectivity index (χ0) is 15.5. The number of ether oxygens (including phenoxy) is 3. The van der Waals surface area contributed by atoms with Crippen molar-refractivity contribution in [3.63, 3.8) is 0 Å². The molecular formula is C17H20N2O3. The first-order valence-electron chi connectivity index (χ1n) is 7.38. The highest BCUT2D eigenvalue weighted by Gasteiger charge is 2.16. The standard InChI is InChI=1S/C17H20N2O3/c1-4-22-9-8-12-17-15(14(21-3)10-18-12)11-6-5-7-13(20-2)16(11)19-17/h5-7,10,19H,4,8-9H2,1-3H3. The van der Waals surface area contributed by atoms with E-state index in [2.05, 4.69) is 16.0 Å². The summed E-state index contributed by atoms with van der Waals surface area (Å²) in [5.74, 6) is 1.57. The monoisotopic (exact) mass is 300 g/mol. The highest BCUT2D eigenvalue weighted by atomic mass is 16.5. The van der Waals surface area contributed by atoms with Crippen molar-refractivity contribution in [2.24, 2.45) is 0 Å². The Hall–Kier alpha value is -2.27. The van der Waals surface area contributed by atoms with Crippen LogP contribution in [0.5, 0.6) is 11.5 Å². The third kappa shape index (κ3) is 2.37. The van der Waals surface area contributed by atoms with Gasteiger partial charge in [-0.3, -0.25) is 4.98 Å². The zero-order valence-electron chi connectivity index (χ0n) is 13.1. The van der Waals surface area contributed by atoms with E-state index in [1.54, 1.807) is 20.4 Å². The van der Waals surface area contributed by atoms with Gasteiger partial charge in [0, 0.05) is 18.4 Å². The first-order chi connectivity index (χ1) is 10.8. The Kier molecular flexibility index (Phi) is 4.15. The molecular weight excluding hydrogens is 280 g/mol. The van der Waals surface area contributed by atoms with Crippen LogP contribution in [-0.4, -0.2) is 37.4 Å². The van der Waals surface area contributed by atoms with Gasteiger partial charge in [-0.25, -0.2) is 0 Å². The van der Waals surface area contributed by atoms with Crippen LogP contribution in [0, 0.1) is 0 Å². The van der Waals surface area contributed by atoms with E-state index in [0.29, 0.717) is 13.2 Å². The molecule has 0 unspecified atom stereocenters. The fourth-order valence-electron chi connectivity index (χ4n) is 2.76. The Morgan fingerprint density at radius 3 is 2.64 bits per heavy atom. The maximum absolute atomic E-state index is 5.49. The third-order valence-corrected chi connectivity index (χ3v) is 3.80. The van der Waals surface area contributed by atoms with Crippen LogP contribution in [0.25, 0.3) is 21.8 Å². The van der Waals surface area contributed by atoms with Crippen LogP contribution in [0.1, 0.15) is 12.6 Å². The first-order valence-corrected chi connectivity index (χ1v) is 7.38. The van der Waals surface area contributed by atoms with Gasteiger partial charge in [-0.15, -0.1) is 0 Å². The number of methoxy groups -OCH3 is 2. The fraction of sp³-hybridized carbons (Fsp3) is 0.353. The van der Waals surface area contributed by atoms with Crippen LogP contribution >= 0.6 is 0 Å². The summed E-state index contributed by atoms with van der Waals surface area (Å²) in [5.41, 5.74) is 2.92. The van der Waals surface area contributed by atoms with Crippen molar-refractivity contribution in [1.29, 1.82) is 0 Å². The number of aromatic nitrogens is 2. The lowest BCUT2D eigenvalue weighted by atomic mass is 10.1. The van der Waals surface area contributed by atoms with Gasteiger partial charge in [0.15, 0.2) is 0 Å². The van der Waals surface area contributed by atoms with Crippen molar-refractivity contribution in [3.05, 3.63) is 30.1 Å². The maximum Gasteiger partial charge on any atom is 0.147 e. The summed E-state index contributed by atoms with van der Waals surface area (Å²) in [6, 6.07) is 5.98. The average molecular weight is 300 g/mol. The van der Waals surface area contributed by atoms with E-state index >= 15 is 0 Å². The molecule has 0 aliphatic heterocycles. The van der Waals surface area contributed by atoms with Crippen molar-refractivity contribution in [2.45, 2.75) is 13.3 Å². The maximum atomic E-state index is 5.49. The summed E-state index contributed by atoms with van der Waals surface area (Å²) in [6.45, 7) is 3.35. The summed E-state index contributed by atoms with van der Waals surface area (Å²) >= 11 is 0. The lowest BCUT2D eigenvalue weighted by Crippen LogP contribution is -2.01. The topological polar surface area (TPSA) is 56.4 Å². The normalized spacial score (nSPS) is 11.2. The van der Waals surface area contributed by atoms with Gasteiger partial charge in [-0.05, 0) is 13.0 Å². The molecule has 0 fully saturated rings. The van der Waals surface area contributed by atoms with Crippen molar-refractivity contribution < 1.29 is 14.2 Å². The SMILES string of the molecule is CCOCCc1ncc(OC)c2c1[nH]c1c(OC)cccc12. The number of H-pyrrole nitrogens is 1. The molecule has 1 aromatic carbocycles. The number of aromatic amines is 1. The van der Waals surface area contributed by atoms with E-state index in [1.807, 2.05) is 19.1 Å². The molecule has 2 aromatic heterocycles. The molecule has 0 amide bonds. The number of hydrogen-bond donors (Lipinski definition) is 1. The number of para-hydroxylation sites is 1. The van der Waals surface area contributed by atoms with Gasteiger partial charge in [-0.2, -0.15) is 0 Å². The summed E-state index contributed by atoms with van der Waals surface area (Å²) in [4.78, 5) is 7.97. The number of hydrogen-bond acceptors (Lipinski definition) is 4. The van der Waals surface area contributed by atoms with Gasteiger partial charge in [0.2, 0.25) is 0 Å². The number of nitrogens with one attached hydrogen (secondary N) is 1. The first kappa shape index (κ1) is 14.7. The quantitative estimate of drug-likeness (QED) is 0.710. The molecule has 0 aliphatic rings. The number of pyridine rings is 1. The molecule has 0 spiro atoms.